The van der Waals surface area contributed by atoms with Crippen LogP contribution in [0.5, 0.6) is 0 Å². The van der Waals surface area contributed by atoms with E-state index >= 15 is 0 Å². The highest BCUT2D eigenvalue weighted by Crippen LogP contribution is 2.22. The molecule has 0 unspecified atom stereocenters. The summed E-state index contributed by atoms with van der Waals surface area (Å²) in [6.45, 7) is 3.52. The van der Waals surface area contributed by atoms with Crippen LogP contribution in [0.25, 0.3) is 0 Å². The van der Waals surface area contributed by atoms with Crippen molar-refractivity contribution >= 4 is 34.8 Å². The Morgan fingerprint density at radius 1 is 1.16 bits per heavy atom. The lowest BCUT2D eigenvalue weighted by Crippen LogP contribution is -2.37. The van der Waals surface area contributed by atoms with E-state index in [1.54, 1.807) is 18.5 Å². The Balaban J connectivity index is 1.21. The fourth-order valence-corrected chi connectivity index (χ4v) is 4.35. The summed E-state index contributed by atoms with van der Waals surface area (Å²) in [6, 6.07) is 9.42. The van der Waals surface area contributed by atoms with E-state index in [0.717, 1.165) is 24.3 Å². The first-order valence-corrected chi connectivity index (χ1v) is 11.4. The number of nitrogens with one attached hydrogen (secondary N) is 1. The number of ether oxygens (including phenoxy) is 1. The molecule has 1 saturated heterocycles. The van der Waals surface area contributed by atoms with Crippen LogP contribution in [0.3, 0.4) is 0 Å². The molecule has 3 heterocycles. The van der Waals surface area contributed by atoms with E-state index < -0.39 is 0 Å². The van der Waals surface area contributed by atoms with Gasteiger partial charge in [0, 0.05) is 36.6 Å². The van der Waals surface area contributed by atoms with Crippen LogP contribution < -0.4 is 10.2 Å². The van der Waals surface area contributed by atoms with Crippen molar-refractivity contribution in [3.8, 4) is 0 Å². The Hall–Kier alpha value is -3.33. The van der Waals surface area contributed by atoms with Gasteiger partial charge in [-0.3, -0.25) is 9.59 Å². The molecule has 0 atom stereocenters. The Morgan fingerprint density at radius 3 is 2.66 bits per heavy atom. The number of esters is 1. The Labute approximate surface area is 190 Å². The molecular weight excluding hydrogens is 426 g/mol. The molecule has 1 amide bonds. The van der Waals surface area contributed by atoms with Crippen molar-refractivity contribution in [2.75, 3.05) is 23.3 Å². The average molecular weight is 452 g/mol. The summed E-state index contributed by atoms with van der Waals surface area (Å²) >= 11 is 1.39. The van der Waals surface area contributed by atoms with E-state index in [2.05, 4.69) is 25.2 Å². The Bertz CT molecular complexity index is 1060. The molecule has 9 heteroatoms. The fraction of sp³-hybridized carbons (Fsp3) is 0.348. The number of carbonyl (C=O) groups is 2. The van der Waals surface area contributed by atoms with Gasteiger partial charge in [0.1, 0.15) is 11.6 Å². The summed E-state index contributed by atoms with van der Waals surface area (Å²) in [5.74, 6) is 0.241. The van der Waals surface area contributed by atoms with Gasteiger partial charge < -0.3 is 15.0 Å². The van der Waals surface area contributed by atoms with Gasteiger partial charge in [-0.2, -0.15) is 0 Å². The predicted octanol–water partition coefficient (Wildman–Crippen LogP) is 3.38. The second-order valence-electron chi connectivity index (χ2n) is 7.69. The Kier molecular flexibility index (Phi) is 7.06. The number of hydrogen-bond acceptors (Lipinski definition) is 8. The van der Waals surface area contributed by atoms with E-state index in [9.17, 15) is 9.59 Å². The van der Waals surface area contributed by atoms with Gasteiger partial charge in [-0.25, -0.2) is 15.0 Å². The minimum atomic E-state index is -0.203. The summed E-state index contributed by atoms with van der Waals surface area (Å²) in [7, 11) is 0. The molecule has 0 spiro atoms. The van der Waals surface area contributed by atoms with E-state index in [1.807, 2.05) is 36.6 Å². The summed E-state index contributed by atoms with van der Waals surface area (Å²) in [5.41, 5.74) is 2.47. The van der Waals surface area contributed by atoms with Crippen LogP contribution >= 0.6 is 11.3 Å². The second-order valence-corrected chi connectivity index (χ2v) is 8.63. The second kappa shape index (κ2) is 10.3. The summed E-state index contributed by atoms with van der Waals surface area (Å²) in [6.07, 6.45) is 5.04. The van der Waals surface area contributed by atoms with E-state index in [0.29, 0.717) is 29.5 Å². The third-order valence-electron chi connectivity index (χ3n) is 5.36. The minimum Gasteiger partial charge on any atom is -0.459 e. The smallest absolute Gasteiger partial charge is 0.309 e. The quantitative estimate of drug-likeness (QED) is 0.550. The highest BCUT2D eigenvalue weighted by molar-refractivity contribution is 7.09. The maximum Gasteiger partial charge on any atom is 0.309 e. The monoisotopic (exact) mass is 451 g/mol. The normalized spacial score (nSPS) is 14.2. The molecule has 1 aliphatic rings. The van der Waals surface area contributed by atoms with Gasteiger partial charge in [0.15, 0.2) is 0 Å². The average Bonchev–Trinajstić information content (AvgIpc) is 3.27. The molecule has 4 rings (SSSR count). The molecule has 1 aliphatic heterocycles. The molecule has 0 bridgehead atoms. The van der Waals surface area contributed by atoms with Crippen LogP contribution in [-0.2, 0) is 27.4 Å². The number of para-hydroxylation sites is 1. The Morgan fingerprint density at radius 2 is 1.91 bits per heavy atom. The fourth-order valence-electron chi connectivity index (χ4n) is 3.57. The van der Waals surface area contributed by atoms with Gasteiger partial charge in [0.25, 0.3) is 0 Å². The van der Waals surface area contributed by atoms with Crippen molar-refractivity contribution in [1.82, 2.24) is 15.0 Å². The zero-order valence-corrected chi connectivity index (χ0v) is 18.7. The van der Waals surface area contributed by atoms with Crippen molar-refractivity contribution < 1.29 is 14.3 Å². The molecule has 3 aromatic rings. The first-order valence-electron chi connectivity index (χ1n) is 10.6. The van der Waals surface area contributed by atoms with Gasteiger partial charge in [-0.05, 0) is 37.5 Å². The summed E-state index contributed by atoms with van der Waals surface area (Å²) < 4.78 is 5.49. The van der Waals surface area contributed by atoms with Crippen molar-refractivity contribution in [2.24, 2.45) is 5.92 Å². The molecule has 0 radical (unpaired) electrons. The van der Waals surface area contributed by atoms with E-state index in [1.165, 1.54) is 11.3 Å². The minimum absolute atomic E-state index is 0.119. The lowest BCUT2D eigenvalue weighted by molar-refractivity contribution is -0.150. The predicted molar refractivity (Wildman–Crippen MR) is 122 cm³/mol. The van der Waals surface area contributed by atoms with Crippen molar-refractivity contribution in [3.05, 3.63) is 64.4 Å². The molecule has 166 valence electrons. The highest BCUT2D eigenvalue weighted by atomic mass is 32.1. The number of nitrogens with zero attached hydrogens (tertiary/aromatic N) is 4. The molecule has 32 heavy (non-hydrogen) atoms. The van der Waals surface area contributed by atoms with Crippen molar-refractivity contribution in [3.63, 3.8) is 0 Å². The first kappa shape index (κ1) is 21.9. The van der Waals surface area contributed by atoms with Gasteiger partial charge >= 0.3 is 5.97 Å². The van der Waals surface area contributed by atoms with Crippen molar-refractivity contribution in [2.45, 2.75) is 32.8 Å². The van der Waals surface area contributed by atoms with Gasteiger partial charge in [0.2, 0.25) is 11.9 Å². The topological polar surface area (TPSA) is 97.3 Å². The molecule has 0 saturated carbocycles. The lowest BCUT2D eigenvalue weighted by atomic mass is 9.97. The largest absolute Gasteiger partial charge is 0.459 e. The molecule has 1 aromatic carbocycles. The molecule has 8 nitrogen and oxygen atoms in total. The third-order valence-corrected chi connectivity index (χ3v) is 6.25. The van der Waals surface area contributed by atoms with Crippen LogP contribution in [0.15, 0.2) is 48.1 Å². The number of anilines is 2. The van der Waals surface area contributed by atoms with Crippen molar-refractivity contribution in [1.29, 1.82) is 0 Å². The van der Waals surface area contributed by atoms with E-state index in [-0.39, 0.29) is 30.8 Å². The number of rotatable bonds is 7. The van der Waals surface area contributed by atoms with E-state index in [4.69, 9.17) is 4.74 Å². The summed E-state index contributed by atoms with van der Waals surface area (Å²) in [4.78, 5) is 39.8. The highest BCUT2D eigenvalue weighted by Gasteiger charge is 2.27. The zero-order chi connectivity index (χ0) is 22.3. The van der Waals surface area contributed by atoms with Crippen LogP contribution in [0.1, 0.15) is 29.1 Å². The number of aryl methyl sites for hydroxylation is 1. The molecular formula is C23H25N5O3S. The molecule has 0 aliphatic carbocycles. The maximum absolute atomic E-state index is 12.5. The van der Waals surface area contributed by atoms with Crippen LogP contribution in [0.2, 0.25) is 0 Å². The van der Waals surface area contributed by atoms with Crippen LogP contribution in [0, 0.1) is 12.8 Å². The molecule has 1 fully saturated rings. The number of carbonyl (C=O) groups excluding carboxylic acids is 2. The van der Waals surface area contributed by atoms with Crippen LogP contribution in [0.4, 0.5) is 11.6 Å². The number of piperidine rings is 1. The first-order chi connectivity index (χ1) is 15.6. The van der Waals surface area contributed by atoms with Crippen LogP contribution in [-0.4, -0.2) is 39.9 Å². The van der Waals surface area contributed by atoms with Gasteiger partial charge in [0.05, 0.1) is 18.0 Å². The van der Waals surface area contributed by atoms with Gasteiger partial charge in [-0.15, -0.1) is 11.3 Å². The number of thiazole rings is 1. The number of hydrogen-bond donors (Lipinski definition) is 1. The molecule has 2 aromatic heterocycles. The zero-order valence-electron chi connectivity index (χ0n) is 17.9. The maximum atomic E-state index is 12.5. The standard InChI is InChI=1S/C23H25N5O3S/c1-16-5-2-3-6-19(16)27-20(29)13-21-26-18(15-32-21)14-31-22(30)17-7-11-28(12-8-17)23-24-9-4-10-25-23/h2-6,9-10,15,17H,7-8,11-14H2,1H3,(H,27,29). The lowest BCUT2D eigenvalue weighted by Gasteiger charge is -2.30. The molecule has 1 N–H and O–H groups in total. The number of benzene rings is 1. The SMILES string of the molecule is Cc1ccccc1NC(=O)Cc1nc(COC(=O)C2CCN(c3ncccn3)CC2)cs1. The summed E-state index contributed by atoms with van der Waals surface area (Å²) in [5, 5.41) is 5.43. The number of amides is 1. The third kappa shape index (κ3) is 5.67. The van der Waals surface area contributed by atoms with Gasteiger partial charge in [-0.1, -0.05) is 18.2 Å². The number of aromatic nitrogens is 3.